The van der Waals surface area contributed by atoms with Crippen LogP contribution in [0.3, 0.4) is 0 Å². The molecule has 23 heavy (non-hydrogen) atoms. The molecular weight excluding hydrogens is 321 g/mol. The fraction of sp³-hybridized carbons (Fsp3) is 0.200. The molecule has 1 atom stereocenters. The van der Waals surface area contributed by atoms with E-state index in [4.69, 9.17) is 0 Å². The predicted molar refractivity (Wildman–Crippen MR) is 81.7 cm³/mol. The van der Waals surface area contributed by atoms with Gasteiger partial charge in [0.25, 0.3) is 0 Å². The number of pyridine rings is 1. The first kappa shape index (κ1) is 15.6. The fourth-order valence-electron chi connectivity index (χ4n) is 2.47. The van der Waals surface area contributed by atoms with Gasteiger partial charge >= 0.3 is 0 Å². The number of benzene rings is 1. The summed E-state index contributed by atoms with van der Waals surface area (Å²) in [6.45, 7) is 0.155. The summed E-state index contributed by atoms with van der Waals surface area (Å²) in [4.78, 5) is 17.3. The van der Waals surface area contributed by atoms with Gasteiger partial charge in [0, 0.05) is 37.1 Å². The topological polar surface area (TPSA) is 79.4 Å². The number of nitrogens with zero attached hydrogens (tertiary/aromatic N) is 2. The van der Waals surface area contributed by atoms with Crippen molar-refractivity contribution in [2.24, 2.45) is 0 Å². The average molecular weight is 335 g/mol. The molecule has 2 aromatic rings. The second-order valence-corrected chi connectivity index (χ2v) is 6.91. The maximum Gasteiger partial charge on any atom is 0.242 e. The normalized spacial score (nSPS) is 18.4. The first-order valence-electron chi connectivity index (χ1n) is 6.94. The van der Waals surface area contributed by atoms with Crippen molar-refractivity contribution in [1.29, 1.82) is 0 Å². The number of anilines is 1. The standard InChI is InChI=1S/C15H14FN3O3S/c16-11-3-1-4-13(7-11)19-10-12(8-15(19)20)18-23(21,22)14-5-2-6-17-9-14/h1-7,9,12,18H,8,10H2/t12-/m1/s1. The Balaban J connectivity index is 1.76. The molecule has 1 aromatic heterocycles. The largest absolute Gasteiger partial charge is 0.311 e. The molecule has 0 spiro atoms. The quantitative estimate of drug-likeness (QED) is 0.913. The third-order valence-corrected chi connectivity index (χ3v) is 5.02. The summed E-state index contributed by atoms with van der Waals surface area (Å²) in [5.74, 6) is -0.704. The van der Waals surface area contributed by atoms with E-state index >= 15 is 0 Å². The molecule has 2 heterocycles. The van der Waals surface area contributed by atoms with Crippen LogP contribution in [0.4, 0.5) is 10.1 Å². The lowest BCUT2D eigenvalue weighted by atomic mass is 10.3. The van der Waals surface area contributed by atoms with Crippen molar-refractivity contribution in [3.05, 3.63) is 54.6 Å². The van der Waals surface area contributed by atoms with E-state index in [9.17, 15) is 17.6 Å². The molecule has 0 saturated carbocycles. The van der Waals surface area contributed by atoms with Crippen LogP contribution in [-0.4, -0.2) is 31.9 Å². The Hall–Kier alpha value is -2.32. The SMILES string of the molecule is O=C1C[C@@H](NS(=O)(=O)c2cccnc2)CN1c1cccc(F)c1. The Morgan fingerprint density at radius 3 is 2.78 bits per heavy atom. The summed E-state index contributed by atoms with van der Waals surface area (Å²) in [5.41, 5.74) is 0.415. The van der Waals surface area contributed by atoms with Crippen molar-refractivity contribution in [1.82, 2.24) is 9.71 Å². The van der Waals surface area contributed by atoms with E-state index in [1.807, 2.05) is 0 Å². The lowest BCUT2D eigenvalue weighted by molar-refractivity contribution is -0.117. The van der Waals surface area contributed by atoms with Crippen LogP contribution in [0.1, 0.15) is 6.42 Å². The molecule has 1 aliphatic heterocycles. The number of aromatic nitrogens is 1. The van der Waals surface area contributed by atoms with Gasteiger partial charge in [-0.05, 0) is 30.3 Å². The van der Waals surface area contributed by atoms with E-state index in [1.54, 1.807) is 6.07 Å². The molecule has 3 rings (SSSR count). The second-order valence-electron chi connectivity index (χ2n) is 5.20. The molecule has 1 amide bonds. The van der Waals surface area contributed by atoms with Gasteiger partial charge in [-0.25, -0.2) is 17.5 Å². The zero-order valence-corrected chi connectivity index (χ0v) is 12.8. The Bertz CT molecular complexity index is 827. The number of nitrogens with one attached hydrogen (secondary N) is 1. The molecule has 1 aliphatic rings. The number of sulfonamides is 1. The van der Waals surface area contributed by atoms with Crippen molar-refractivity contribution in [2.75, 3.05) is 11.4 Å². The zero-order valence-electron chi connectivity index (χ0n) is 12.0. The number of rotatable bonds is 4. The summed E-state index contributed by atoms with van der Waals surface area (Å²) in [5, 5.41) is 0. The molecule has 0 unspecified atom stereocenters. The lowest BCUT2D eigenvalue weighted by Crippen LogP contribution is -2.37. The number of hydrogen-bond donors (Lipinski definition) is 1. The van der Waals surface area contributed by atoms with Crippen LogP contribution >= 0.6 is 0 Å². The molecule has 1 fully saturated rings. The molecule has 0 radical (unpaired) electrons. The van der Waals surface area contributed by atoms with Gasteiger partial charge in [-0.15, -0.1) is 0 Å². The maximum absolute atomic E-state index is 13.3. The third kappa shape index (κ3) is 3.38. The zero-order chi connectivity index (χ0) is 16.4. The molecule has 0 bridgehead atoms. The van der Waals surface area contributed by atoms with E-state index in [2.05, 4.69) is 9.71 Å². The maximum atomic E-state index is 13.3. The molecule has 1 saturated heterocycles. The van der Waals surface area contributed by atoms with Gasteiger partial charge in [0.05, 0.1) is 0 Å². The number of amides is 1. The second kappa shape index (κ2) is 6.05. The summed E-state index contributed by atoms with van der Waals surface area (Å²) in [7, 11) is -3.75. The highest BCUT2D eigenvalue weighted by molar-refractivity contribution is 7.89. The third-order valence-electron chi connectivity index (χ3n) is 3.51. The Labute approximate surface area is 133 Å². The van der Waals surface area contributed by atoms with Crippen molar-refractivity contribution in [2.45, 2.75) is 17.4 Å². The van der Waals surface area contributed by atoms with E-state index in [0.717, 1.165) is 0 Å². The van der Waals surface area contributed by atoms with E-state index in [1.165, 1.54) is 47.6 Å². The molecule has 1 aromatic carbocycles. The molecule has 8 heteroatoms. The highest BCUT2D eigenvalue weighted by Crippen LogP contribution is 2.23. The highest BCUT2D eigenvalue weighted by atomic mass is 32.2. The molecular formula is C15H14FN3O3S. The van der Waals surface area contributed by atoms with Gasteiger partial charge < -0.3 is 4.90 Å². The van der Waals surface area contributed by atoms with Crippen LogP contribution in [0.25, 0.3) is 0 Å². The molecule has 6 nitrogen and oxygen atoms in total. The minimum atomic E-state index is -3.75. The van der Waals surface area contributed by atoms with E-state index in [0.29, 0.717) is 5.69 Å². The van der Waals surface area contributed by atoms with Crippen LogP contribution in [0.5, 0.6) is 0 Å². The number of halogens is 1. The minimum absolute atomic E-state index is 0.0238. The van der Waals surface area contributed by atoms with E-state index < -0.39 is 21.9 Å². The molecule has 120 valence electrons. The first-order chi connectivity index (χ1) is 11.0. The summed E-state index contributed by atoms with van der Waals surface area (Å²) in [6, 6.07) is 8.02. The van der Waals surface area contributed by atoms with Crippen LogP contribution in [0.15, 0.2) is 53.7 Å². The minimum Gasteiger partial charge on any atom is -0.311 e. The Kier molecular flexibility index (Phi) is 4.10. The van der Waals surface area contributed by atoms with Gasteiger partial charge in [-0.3, -0.25) is 9.78 Å². The summed E-state index contributed by atoms with van der Waals surface area (Å²) < 4.78 is 40.3. The molecule has 1 N–H and O–H groups in total. The van der Waals surface area contributed by atoms with Crippen LogP contribution in [0.2, 0.25) is 0 Å². The van der Waals surface area contributed by atoms with Gasteiger partial charge in [-0.1, -0.05) is 6.07 Å². The average Bonchev–Trinajstić information content (AvgIpc) is 2.88. The number of carbonyl (C=O) groups is 1. The summed E-state index contributed by atoms with van der Waals surface area (Å²) in [6.07, 6.45) is 2.74. The van der Waals surface area contributed by atoms with Crippen LogP contribution in [0, 0.1) is 5.82 Å². The van der Waals surface area contributed by atoms with Crippen LogP contribution < -0.4 is 9.62 Å². The van der Waals surface area contributed by atoms with Crippen molar-refractivity contribution < 1.29 is 17.6 Å². The lowest BCUT2D eigenvalue weighted by Gasteiger charge is -2.17. The van der Waals surface area contributed by atoms with Crippen molar-refractivity contribution >= 4 is 21.6 Å². The predicted octanol–water partition coefficient (Wildman–Crippen LogP) is 1.30. The van der Waals surface area contributed by atoms with Gasteiger partial charge in [-0.2, -0.15) is 0 Å². The fourth-order valence-corrected chi connectivity index (χ4v) is 3.66. The van der Waals surface area contributed by atoms with E-state index in [-0.39, 0.29) is 23.8 Å². The molecule has 0 aliphatic carbocycles. The summed E-state index contributed by atoms with van der Waals surface area (Å²) >= 11 is 0. The number of carbonyl (C=O) groups excluding carboxylic acids is 1. The Morgan fingerprint density at radius 1 is 1.26 bits per heavy atom. The van der Waals surface area contributed by atoms with Crippen LogP contribution in [-0.2, 0) is 14.8 Å². The van der Waals surface area contributed by atoms with Gasteiger partial charge in [0.15, 0.2) is 0 Å². The van der Waals surface area contributed by atoms with Crippen molar-refractivity contribution in [3.63, 3.8) is 0 Å². The van der Waals surface area contributed by atoms with Gasteiger partial charge in [0.1, 0.15) is 10.7 Å². The Morgan fingerprint density at radius 2 is 2.09 bits per heavy atom. The highest BCUT2D eigenvalue weighted by Gasteiger charge is 2.33. The monoisotopic (exact) mass is 335 g/mol. The van der Waals surface area contributed by atoms with Gasteiger partial charge in [0.2, 0.25) is 15.9 Å². The first-order valence-corrected chi connectivity index (χ1v) is 8.42. The van der Waals surface area contributed by atoms with Crippen molar-refractivity contribution in [3.8, 4) is 0 Å². The smallest absolute Gasteiger partial charge is 0.242 e. The number of hydrogen-bond acceptors (Lipinski definition) is 4.